The Hall–Kier alpha value is -0.500. The van der Waals surface area contributed by atoms with Crippen LogP contribution in [-0.4, -0.2) is 33.7 Å². The van der Waals surface area contributed by atoms with Crippen LogP contribution in [0.4, 0.5) is 0 Å². The monoisotopic (exact) mass is 389 g/mol. The molecule has 2 aliphatic heterocycles. The van der Waals surface area contributed by atoms with Crippen LogP contribution in [0.1, 0.15) is 29.3 Å². The molecule has 0 radical (unpaired) electrons. The molecule has 3 rings (SSSR count). The summed E-state index contributed by atoms with van der Waals surface area (Å²) in [5.41, 5.74) is 6.51. The average Bonchev–Trinajstić information content (AvgIpc) is 3.03. The van der Waals surface area contributed by atoms with Crippen LogP contribution < -0.4 is 10.7 Å². The lowest BCUT2D eigenvalue weighted by molar-refractivity contribution is -0.129. The van der Waals surface area contributed by atoms with Gasteiger partial charge in [0.25, 0.3) is 0 Å². The lowest BCUT2D eigenvalue weighted by atomic mass is 10.0. The smallest absolute Gasteiger partial charge is 0.228 e. The number of carbonyl (C=O) groups excluding carboxylic acids is 1. The van der Waals surface area contributed by atoms with Gasteiger partial charge in [0.2, 0.25) is 12.3 Å². The molecule has 0 aliphatic carbocycles. The highest BCUT2D eigenvalue weighted by Crippen LogP contribution is 2.42. The number of alkyl halides is 2. The normalized spacial score (nSPS) is 33.8. The standard InChI is InChI=1S/C16H21Cl2N3O2S/c1-8-4-5-9(2)10(6-8)15-21(3)20-16(23-15)19-14(22)11-7-12(17)24-13(11)18/h4-6,11-13,15-16,20H,7H2,1-3H3,(H,19,22). The zero-order valence-corrected chi connectivity index (χ0v) is 16.1. The fraction of sp³-hybridized carbons (Fsp3) is 0.562. The molecule has 2 fully saturated rings. The quantitative estimate of drug-likeness (QED) is 0.778. The van der Waals surface area contributed by atoms with Gasteiger partial charge in [-0.3, -0.25) is 4.79 Å². The molecule has 5 nitrogen and oxygen atoms in total. The largest absolute Gasteiger partial charge is 0.320 e. The van der Waals surface area contributed by atoms with Crippen molar-refractivity contribution in [1.82, 2.24) is 15.8 Å². The molecule has 5 unspecified atom stereocenters. The van der Waals surface area contributed by atoms with Gasteiger partial charge in [0, 0.05) is 12.6 Å². The summed E-state index contributed by atoms with van der Waals surface area (Å²) in [4.78, 5) is 12.4. The summed E-state index contributed by atoms with van der Waals surface area (Å²) in [6.07, 6.45) is -0.286. The van der Waals surface area contributed by atoms with Crippen molar-refractivity contribution >= 4 is 40.9 Å². The predicted octanol–water partition coefficient (Wildman–Crippen LogP) is 3.05. The molecule has 132 valence electrons. The second kappa shape index (κ2) is 7.40. The molecule has 0 bridgehead atoms. The van der Waals surface area contributed by atoms with E-state index in [4.69, 9.17) is 27.9 Å². The van der Waals surface area contributed by atoms with Crippen LogP contribution in [-0.2, 0) is 9.53 Å². The van der Waals surface area contributed by atoms with E-state index in [1.165, 1.54) is 17.3 Å². The number of benzene rings is 1. The van der Waals surface area contributed by atoms with Crippen LogP contribution in [0, 0.1) is 19.8 Å². The Bertz CT molecular complexity index is 633. The molecule has 24 heavy (non-hydrogen) atoms. The molecule has 1 aromatic rings. The Kier molecular flexibility index (Phi) is 5.64. The zero-order valence-electron chi connectivity index (χ0n) is 13.8. The summed E-state index contributed by atoms with van der Waals surface area (Å²) in [5.74, 6) is -0.451. The van der Waals surface area contributed by atoms with Crippen LogP contribution >= 0.6 is 35.0 Å². The number of rotatable bonds is 3. The lowest BCUT2D eigenvalue weighted by Gasteiger charge is -2.19. The summed E-state index contributed by atoms with van der Waals surface area (Å²) in [5, 5.41) is 4.73. The summed E-state index contributed by atoms with van der Waals surface area (Å²) < 4.78 is 5.56. The minimum atomic E-state index is -0.587. The fourth-order valence-corrected chi connectivity index (χ4v) is 5.24. The number of nitrogens with one attached hydrogen (secondary N) is 2. The molecule has 2 N–H and O–H groups in total. The number of carbonyl (C=O) groups is 1. The molecule has 1 aromatic carbocycles. The number of halogens is 2. The van der Waals surface area contributed by atoms with E-state index in [1.54, 1.807) is 0 Å². The molecule has 1 amide bonds. The Balaban J connectivity index is 1.65. The van der Waals surface area contributed by atoms with E-state index in [1.807, 2.05) is 25.9 Å². The van der Waals surface area contributed by atoms with Crippen molar-refractivity contribution in [3.8, 4) is 0 Å². The van der Waals surface area contributed by atoms with Gasteiger partial charge in [-0.2, -0.15) is 0 Å². The first kappa shape index (κ1) is 18.3. The van der Waals surface area contributed by atoms with Crippen molar-refractivity contribution in [3.05, 3.63) is 34.9 Å². The summed E-state index contributed by atoms with van der Waals surface area (Å²) in [6, 6.07) is 6.24. The Morgan fingerprint density at radius 3 is 2.83 bits per heavy atom. The summed E-state index contributed by atoms with van der Waals surface area (Å²) in [6.45, 7) is 4.10. The van der Waals surface area contributed by atoms with Gasteiger partial charge in [-0.25, -0.2) is 10.4 Å². The van der Waals surface area contributed by atoms with Gasteiger partial charge >= 0.3 is 0 Å². The number of aryl methyl sites for hydroxylation is 2. The molecule has 0 aromatic heterocycles. The van der Waals surface area contributed by atoms with Gasteiger partial charge in [0.15, 0.2) is 6.23 Å². The van der Waals surface area contributed by atoms with E-state index < -0.39 is 6.35 Å². The molecule has 8 heteroatoms. The van der Waals surface area contributed by atoms with Crippen LogP contribution in [0.15, 0.2) is 18.2 Å². The number of hydrogen-bond acceptors (Lipinski definition) is 5. The minimum Gasteiger partial charge on any atom is -0.320 e. The van der Waals surface area contributed by atoms with E-state index >= 15 is 0 Å². The zero-order chi connectivity index (χ0) is 17.4. The highest BCUT2D eigenvalue weighted by atomic mass is 35.5. The molecule has 0 saturated carbocycles. The van der Waals surface area contributed by atoms with E-state index in [-0.39, 0.29) is 27.5 Å². The maximum absolute atomic E-state index is 12.4. The maximum atomic E-state index is 12.4. The number of amides is 1. The maximum Gasteiger partial charge on any atom is 0.228 e. The van der Waals surface area contributed by atoms with E-state index in [0.717, 1.165) is 11.1 Å². The third-order valence-electron chi connectivity index (χ3n) is 4.28. The first-order valence-electron chi connectivity index (χ1n) is 7.80. The molecule has 2 saturated heterocycles. The number of thioether (sulfide) groups is 1. The van der Waals surface area contributed by atoms with Gasteiger partial charge < -0.3 is 10.1 Å². The van der Waals surface area contributed by atoms with Gasteiger partial charge in [0.1, 0.15) is 0 Å². The van der Waals surface area contributed by atoms with Crippen molar-refractivity contribution < 1.29 is 9.53 Å². The van der Waals surface area contributed by atoms with E-state index in [2.05, 4.69) is 28.9 Å². The Morgan fingerprint density at radius 2 is 2.17 bits per heavy atom. The fourth-order valence-electron chi connectivity index (χ4n) is 2.94. The van der Waals surface area contributed by atoms with Crippen molar-refractivity contribution in [1.29, 1.82) is 0 Å². The molecular weight excluding hydrogens is 369 g/mol. The highest BCUT2D eigenvalue weighted by molar-refractivity contribution is 8.03. The molecule has 5 atom stereocenters. The predicted molar refractivity (Wildman–Crippen MR) is 97.6 cm³/mol. The van der Waals surface area contributed by atoms with Crippen molar-refractivity contribution in [3.63, 3.8) is 0 Å². The van der Waals surface area contributed by atoms with Gasteiger partial charge in [0.05, 0.1) is 15.3 Å². The Labute approximate surface area is 156 Å². The van der Waals surface area contributed by atoms with E-state index in [0.29, 0.717) is 6.42 Å². The number of nitrogens with zero attached hydrogens (tertiary/aromatic N) is 1. The van der Waals surface area contributed by atoms with Crippen LogP contribution in [0.5, 0.6) is 0 Å². The third-order valence-corrected chi connectivity index (χ3v) is 6.46. The average molecular weight is 390 g/mol. The van der Waals surface area contributed by atoms with Crippen molar-refractivity contribution in [2.24, 2.45) is 5.92 Å². The minimum absolute atomic E-state index is 0.119. The van der Waals surface area contributed by atoms with Gasteiger partial charge in [-0.1, -0.05) is 23.8 Å². The molecular formula is C16H21Cl2N3O2S. The first-order chi connectivity index (χ1) is 11.3. The second-order valence-electron chi connectivity index (χ2n) is 6.22. The Morgan fingerprint density at radius 1 is 1.42 bits per heavy atom. The SMILES string of the molecule is Cc1ccc(C)c(C2OC(NC(=O)C3CC(Cl)SC3Cl)NN2C)c1. The number of hydrazine groups is 1. The lowest BCUT2D eigenvalue weighted by Crippen LogP contribution is -2.48. The number of hydrogen-bond donors (Lipinski definition) is 2. The molecule has 2 aliphatic rings. The highest BCUT2D eigenvalue weighted by Gasteiger charge is 2.40. The second-order valence-corrected chi connectivity index (χ2v) is 9.08. The topological polar surface area (TPSA) is 53.6 Å². The van der Waals surface area contributed by atoms with Gasteiger partial charge in [-0.05, 0) is 25.8 Å². The molecule has 0 spiro atoms. The van der Waals surface area contributed by atoms with E-state index in [9.17, 15) is 4.79 Å². The van der Waals surface area contributed by atoms with Crippen LogP contribution in [0.3, 0.4) is 0 Å². The van der Waals surface area contributed by atoms with Crippen molar-refractivity contribution in [2.75, 3.05) is 7.05 Å². The third kappa shape index (κ3) is 3.84. The van der Waals surface area contributed by atoms with Crippen LogP contribution in [0.2, 0.25) is 0 Å². The molecule has 2 heterocycles. The first-order valence-corrected chi connectivity index (χ1v) is 9.62. The summed E-state index contributed by atoms with van der Waals surface area (Å²) >= 11 is 13.7. The van der Waals surface area contributed by atoms with Gasteiger partial charge in [-0.15, -0.1) is 35.0 Å². The summed E-state index contributed by atoms with van der Waals surface area (Å²) in [7, 11) is 1.89. The number of ether oxygens (including phenoxy) is 1. The van der Waals surface area contributed by atoms with Crippen molar-refractivity contribution in [2.45, 2.75) is 42.3 Å². The van der Waals surface area contributed by atoms with Crippen LogP contribution in [0.25, 0.3) is 0 Å².